The molecule has 0 bridgehead atoms. The van der Waals surface area contributed by atoms with Crippen LogP contribution in [0.1, 0.15) is 43.4 Å². The summed E-state index contributed by atoms with van der Waals surface area (Å²) in [4.78, 5) is 2.48. The minimum atomic E-state index is 0.649. The lowest BCUT2D eigenvalue weighted by Crippen LogP contribution is -2.14. The molecule has 0 aromatic heterocycles. The molecule has 0 N–H and O–H groups in total. The van der Waals surface area contributed by atoms with Gasteiger partial charge in [0.15, 0.2) is 0 Å². The van der Waals surface area contributed by atoms with Crippen molar-refractivity contribution >= 4 is 0 Å². The first-order chi connectivity index (χ1) is 6.70. The Balaban J connectivity index is 2.26. The van der Waals surface area contributed by atoms with Crippen LogP contribution in [-0.2, 0) is 13.1 Å². The van der Waals surface area contributed by atoms with Crippen molar-refractivity contribution in [3.8, 4) is 0 Å². The van der Waals surface area contributed by atoms with E-state index >= 15 is 0 Å². The Kier molecular flexibility index (Phi) is 2.60. The number of hydrogen-bond donors (Lipinski definition) is 0. The molecule has 14 heavy (non-hydrogen) atoms. The van der Waals surface area contributed by atoms with Crippen molar-refractivity contribution in [1.82, 2.24) is 4.90 Å². The van der Waals surface area contributed by atoms with E-state index in [-0.39, 0.29) is 0 Å². The summed E-state index contributed by atoms with van der Waals surface area (Å²) in [5.74, 6) is 0.649. The normalized spacial score (nSPS) is 16.3. The third-order valence-electron chi connectivity index (χ3n) is 3.13. The van der Waals surface area contributed by atoms with Gasteiger partial charge in [-0.05, 0) is 29.2 Å². The number of benzene rings is 1. The quantitative estimate of drug-likeness (QED) is 0.691. The molecule has 2 rings (SSSR count). The number of nitrogens with zero attached hydrogens (tertiary/aromatic N) is 1. The average Bonchev–Trinajstić information content (AvgIpc) is 2.58. The molecular formula is C13H19N. The van der Waals surface area contributed by atoms with Crippen LogP contribution in [0.3, 0.4) is 0 Å². The number of rotatable bonds is 2. The Bertz CT molecular complexity index is 328. The second-order valence-electron chi connectivity index (χ2n) is 4.49. The zero-order valence-corrected chi connectivity index (χ0v) is 9.38. The van der Waals surface area contributed by atoms with Gasteiger partial charge in [0.25, 0.3) is 0 Å². The molecule has 0 aliphatic carbocycles. The van der Waals surface area contributed by atoms with Crippen molar-refractivity contribution < 1.29 is 0 Å². The molecule has 0 spiro atoms. The lowest BCUT2D eigenvalue weighted by Gasteiger charge is -2.09. The average molecular weight is 189 g/mol. The zero-order valence-electron chi connectivity index (χ0n) is 9.38. The standard InChI is InChI=1S/C13H19N/c1-4-14-8-12-6-5-11(10(2)3)7-13(12)9-14/h5-7,10H,4,8-9H2,1-3H3. The first-order valence-electron chi connectivity index (χ1n) is 5.54. The maximum absolute atomic E-state index is 2.48. The highest BCUT2D eigenvalue weighted by molar-refractivity contribution is 5.35. The molecule has 0 radical (unpaired) electrons. The molecule has 1 aliphatic rings. The summed E-state index contributed by atoms with van der Waals surface area (Å²) < 4.78 is 0. The molecule has 0 saturated heterocycles. The molecule has 1 aromatic rings. The first-order valence-corrected chi connectivity index (χ1v) is 5.54. The van der Waals surface area contributed by atoms with E-state index in [1.54, 1.807) is 0 Å². The second kappa shape index (κ2) is 3.74. The van der Waals surface area contributed by atoms with Crippen molar-refractivity contribution in [1.29, 1.82) is 0 Å². The van der Waals surface area contributed by atoms with E-state index in [1.807, 2.05) is 0 Å². The summed E-state index contributed by atoms with van der Waals surface area (Å²) in [6.45, 7) is 10.2. The van der Waals surface area contributed by atoms with Gasteiger partial charge in [-0.3, -0.25) is 4.90 Å². The van der Waals surface area contributed by atoms with Gasteiger partial charge in [-0.1, -0.05) is 39.0 Å². The molecule has 1 heteroatoms. The fraction of sp³-hybridized carbons (Fsp3) is 0.538. The molecule has 1 nitrogen and oxygen atoms in total. The maximum atomic E-state index is 2.48. The van der Waals surface area contributed by atoms with Crippen molar-refractivity contribution in [2.24, 2.45) is 0 Å². The summed E-state index contributed by atoms with van der Waals surface area (Å²) >= 11 is 0. The van der Waals surface area contributed by atoms with Crippen molar-refractivity contribution in [2.45, 2.75) is 39.8 Å². The van der Waals surface area contributed by atoms with Crippen molar-refractivity contribution in [2.75, 3.05) is 6.54 Å². The number of hydrogen-bond acceptors (Lipinski definition) is 1. The van der Waals surface area contributed by atoms with Crippen LogP contribution < -0.4 is 0 Å². The molecule has 0 unspecified atom stereocenters. The number of fused-ring (bicyclic) bond motifs is 1. The Morgan fingerprint density at radius 3 is 2.57 bits per heavy atom. The molecule has 1 heterocycles. The van der Waals surface area contributed by atoms with Crippen LogP contribution in [0, 0.1) is 0 Å². The molecule has 0 fully saturated rings. The van der Waals surface area contributed by atoms with E-state index in [4.69, 9.17) is 0 Å². The van der Waals surface area contributed by atoms with Crippen LogP contribution in [0.2, 0.25) is 0 Å². The van der Waals surface area contributed by atoms with Gasteiger partial charge in [0.2, 0.25) is 0 Å². The van der Waals surface area contributed by atoms with Crippen LogP contribution in [0.5, 0.6) is 0 Å². The Hall–Kier alpha value is -0.820. The smallest absolute Gasteiger partial charge is 0.0240 e. The molecule has 76 valence electrons. The van der Waals surface area contributed by atoms with Gasteiger partial charge < -0.3 is 0 Å². The highest BCUT2D eigenvalue weighted by atomic mass is 15.1. The van der Waals surface area contributed by atoms with Gasteiger partial charge in [-0.25, -0.2) is 0 Å². The van der Waals surface area contributed by atoms with Crippen LogP contribution in [-0.4, -0.2) is 11.4 Å². The SMILES string of the molecule is CCN1Cc2ccc(C(C)C)cc2C1. The summed E-state index contributed by atoms with van der Waals surface area (Å²) in [5.41, 5.74) is 4.54. The van der Waals surface area contributed by atoms with E-state index in [2.05, 4.69) is 43.9 Å². The fourth-order valence-corrected chi connectivity index (χ4v) is 2.07. The fourth-order valence-electron chi connectivity index (χ4n) is 2.07. The highest BCUT2D eigenvalue weighted by Gasteiger charge is 2.17. The largest absolute Gasteiger partial charge is 0.295 e. The van der Waals surface area contributed by atoms with Crippen LogP contribution >= 0.6 is 0 Å². The van der Waals surface area contributed by atoms with Crippen molar-refractivity contribution in [3.05, 3.63) is 34.9 Å². The predicted octanol–water partition coefficient (Wildman–Crippen LogP) is 3.15. The van der Waals surface area contributed by atoms with Gasteiger partial charge >= 0.3 is 0 Å². The molecule has 1 aromatic carbocycles. The molecule has 0 amide bonds. The molecule has 0 saturated carbocycles. The van der Waals surface area contributed by atoms with Gasteiger partial charge in [-0.15, -0.1) is 0 Å². The van der Waals surface area contributed by atoms with Crippen LogP contribution in [0.25, 0.3) is 0 Å². The molecule has 1 aliphatic heterocycles. The van der Waals surface area contributed by atoms with Gasteiger partial charge in [-0.2, -0.15) is 0 Å². The summed E-state index contributed by atoms with van der Waals surface area (Å²) in [6, 6.07) is 6.97. The summed E-state index contributed by atoms with van der Waals surface area (Å²) in [6.07, 6.45) is 0. The van der Waals surface area contributed by atoms with Gasteiger partial charge in [0.1, 0.15) is 0 Å². The van der Waals surface area contributed by atoms with Crippen molar-refractivity contribution in [3.63, 3.8) is 0 Å². The van der Waals surface area contributed by atoms with Crippen LogP contribution in [0.4, 0.5) is 0 Å². The minimum absolute atomic E-state index is 0.649. The highest BCUT2D eigenvalue weighted by Crippen LogP contribution is 2.26. The Labute approximate surface area is 86.7 Å². The second-order valence-corrected chi connectivity index (χ2v) is 4.49. The Morgan fingerprint density at radius 1 is 1.21 bits per heavy atom. The third-order valence-corrected chi connectivity index (χ3v) is 3.13. The topological polar surface area (TPSA) is 3.24 Å². The van der Waals surface area contributed by atoms with Crippen LogP contribution in [0.15, 0.2) is 18.2 Å². The van der Waals surface area contributed by atoms with E-state index in [9.17, 15) is 0 Å². The minimum Gasteiger partial charge on any atom is -0.295 e. The molecule has 0 atom stereocenters. The summed E-state index contributed by atoms with van der Waals surface area (Å²) in [5, 5.41) is 0. The predicted molar refractivity (Wildman–Crippen MR) is 60.3 cm³/mol. The molecular weight excluding hydrogens is 170 g/mol. The lowest BCUT2D eigenvalue weighted by molar-refractivity contribution is 0.301. The first kappa shape index (κ1) is 9.72. The van der Waals surface area contributed by atoms with E-state index in [0.29, 0.717) is 5.92 Å². The van der Waals surface area contributed by atoms with Gasteiger partial charge in [0.05, 0.1) is 0 Å². The Morgan fingerprint density at radius 2 is 1.93 bits per heavy atom. The third kappa shape index (κ3) is 1.69. The van der Waals surface area contributed by atoms with Gasteiger partial charge in [0, 0.05) is 13.1 Å². The monoisotopic (exact) mass is 189 g/mol. The maximum Gasteiger partial charge on any atom is 0.0240 e. The summed E-state index contributed by atoms with van der Waals surface area (Å²) in [7, 11) is 0. The van der Waals surface area contributed by atoms with E-state index in [1.165, 1.54) is 16.7 Å². The lowest BCUT2D eigenvalue weighted by atomic mass is 9.99. The van der Waals surface area contributed by atoms with E-state index < -0.39 is 0 Å². The van der Waals surface area contributed by atoms with E-state index in [0.717, 1.165) is 19.6 Å². The zero-order chi connectivity index (χ0) is 10.1.